The van der Waals surface area contributed by atoms with Crippen molar-refractivity contribution in [3.8, 4) is 0 Å². The summed E-state index contributed by atoms with van der Waals surface area (Å²) in [5, 5.41) is 0. The van der Waals surface area contributed by atoms with Crippen molar-refractivity contribution in [3.63, 3.8) is 0 Å². The van der Waals surface area contributed by atoms with Crippen LogP contribution < -0.4 is 27.9 Å². The summed E-state index contributed by atoms with van der Waals surface area (Å²) in [4.78, 5) is 2.61. The van der Waals surface area contributed by atoms with Gasteiger partial charge in [-0.05, 0) is 22.6 Å². The Hall–Kier alpha value is -1.18. The first-order chi connectivity index (χ1) is 6.00. The average molecular weight is 292 g/mol. The highest BCUT2D eigenvalue weighted by molar-refractivity contribution is 14.1. The van der Waals surface area contributed by atoms with Crippen LogP contribution in [0.25, 0.3) is 0 Å². The molecule has 0 atom stereocenters. The Morgan fingerprint density at radius 2 is 1.31 bits per heavy atom. The Bertz CT molecular complexity index is 345. The summed E-state index contributed by atoms with van der Waals surface area (Å²) in [7, 11) is 0. The zero-order valence-electron chi connectivity index (χ0n) is 6.89. The minimum absolute atomic E-state index is 0.381. The van der Waals surface area contributed by atoms with E-state index >= 15 is 0 Å². The van der Waals surface area contributed by atoms with E-state index in [1.807, 2.05) is 22.6 Å². The van der Waals surface area contributed by atoms with Crippen molar-refractivity contribution in [2.45, 2.75) is 0 Å². The second-order valence-electron chi connectivity index (χ2n) is 2.52. The van der Waals surface area contributed by atoms with Crippen LogP contribution in [0.2, 0.25) is 0 Å². The van der Waals surface area contributed by atoms with E-state index in [0.717, 1.165) is 0 Å². The Labute approximate surface area is 89.3 Å². The zero-order valence-corrected chi connectivity index (χ0v) is 9.05. The molecule has 0 spiro atoms. The van der Waals surface area contributed by atoms with Crippen molar-refractivity contribution >= 4 is 57.7 Å². The van der Waals surface area contributed by atoms with Crippen molar-refractivity contribution in [2.24, 2.45) is 0 Å². The van der Waals surface area contributed by atoms with Crippen molar-refractivity contribution < 1.29 is 4.99 Å². The maximum atomic E-state index is 5.70. The quantitative estimate of drug-likeness (QED) is 0.260. The molecule has 1 aromatic carbocycles. The van der Waals surface area contributed by atoms with Crippen LogP contribution in [0.4, 0.5) is 28.4 Å². The van der Waals surface area contributed by atoms with E-state index in [4.69, 9.17) is 22.9 Å². The monoisotopic (exact) mass is 292 g/mol. The van der Waals surface area contributed by atoms with E-state index in [-0.39, 0.29) is 0 Å². The average Bonchev–Trinajstić information content (AvgIpc) is 2.13. The van der Waals surface area contributed by atoms with E-state index in [1.165, 1.54) is 0 Å². The molecule has 0 unspecified atom stereocenters. The third-order valence-electron chi connectivity index (χ3n) is 1.77. The van der Waals surface area contributed by atoms with Crippen LogP contribution >= 0.6 is 22.6 Å². The van der Waals surface area contributed by atoms with Gasteiger partial charge in [0.1, 0.15) is 18.1 Å². The number of nitrogens with one attached hydrogen (secondary N) is 1. The van der Waals surface area contributed by atoms with Crippen LogP contribution in [0, 0.1) is 3.57 Å². The van der Waals surface area contributed by atoms with Crippen LogP contribution in [0.5, 0.6) is 0 Å². The number of nitrogens with two attached hydrogens (primary N) is 4. The molecular weight excluding hydrogens is 281 g/mol. The SMILES string of the molecule is C=[NH+]c1c(N)c(N)c(I)c(N)c1N. The van der Waals surface area contributed by atoms with Crippen LogP contribution in [0.15, 0.2) is 0 Å². The lowest BCUT2D eigenvalue weighted by molar-refractivity contribution is -0.339. The standard InChI is InChI=1S/C7H10IN5/c1-13-7-5(11)3(9)2(8)4(10)6(7)12/h1,9-12H2/p+1. The highest BCUT2D eigenvalue weighted by atomic mass is 127. The molecule has 0 saturated carbocycles. The second kappa shape index (κ2) is 3.29. The highest BCUT2D eigenvalue weighted by Crippen LogP contribution is 2.37. The molecule has 6 heteroatoms. The maximum Gasteiger partial charge on any atom is 0.253 e. The van der Waals surface area contributed by atoms with Crippen LogP contribution in [-0.4, -0.2) is 6.72 Å². The molecule has 0 radical (unpaired) electrons. The molecule has 9 N–H and O–H groups in total. The van der Waals surface area contributed by atoms with Gasteiger partial charge in [0.2, 0.25) is 0 Å². The number of halogens is 1. The normalized spacial score (nSPS) is 9.92. The fourth-order valence-electron chi connectivity index (χ4n) is 0.986. The molecule has 1 aromatic rings. The zero-order chi connectivity index (χ0) is 10.2. The third-order valence-corrected chi connectivity index (χ3v) is 2.93. The Balaban J connectivity index is 3.66. The number of anilines is 4. The summed E-state index contributed by atoms with van der Waals surface area (Å²) in [6.07, 6.45) is 0. The molecule has 0 fully saturated rings. The second-order valence-corrected chi connectivity index (χ2v) is 3.60. The van der Waals surface area contributed by atoms with Crippen LogP contribution in [0.3, 0.4) is 0 Å². The van der Waals surface area contributed by atoms with Crippen LogP contribution in [0.1, 0.15) is 0 Å². The number of nitrogen functional groups attached to an aromatic ring is 4. The Morgan fingerprint density at radius 1 is 0.923 bits per heavy atom. The fourth-order valence-corrected chi connectivity index (χ4v) is 1.57. The van der Waals surface area contributed by atoms with Crippen molar-refractivity contribution in [3.05, 3.63) is 3.57 Å². The molecule has 0 amide bonds. The van der Waals surface area contributed by atoms with Gasteiger partial charge in [0, 0.05) is 0 Å². The molecule has 0 saturated heterocycles. The maximum absolute atomic E-state index is 5.70. The van der Waals surface area contributed by atoms with Gasteiger partial charge in [-0.2, -0.15) is 0 Å². The molecule has 13 heavy (non-hydrogen) atoms. The largest absolute Gasteiger partial charge is 0.396 e. The Morgan fingerprint density at radius 3 is 1.62 bits per heavy atom. The molecule has 5 nitrogen and oxygen atoms in total. The smallest absolute Gasteiger partial charge is 0.253 e. The van der Waals surface area contributed by atoms with E-state index in [1.54, 1.807) is 0 Å². The van der Waals surface area contributed by atoms with Gasteiger partial charge in [-0.3, -0.25) is 0 Å². The first-order valence-corrected chi connectivity index (χ1v) is 4.53. The van der Waals surface area contributed by atoms with Crippen molar-refractivity contribution in [1.29, 1.82) is 0 Å². The molecule has 0 aromatic heterocycles. The minimum Gasteiger partial charge on any atom is -0.396 e. The first-order valence-electron chi connectivity index (χ1n) is 3.45. The summed E-state index contributed by atoms with van der Waals surface area (Å²) < 4.78 is 0.673. The predicted octanol–water partition coefficient (Wildman–Crippen LogP) is -0.967. The summed E-state index contributed by atoms with van der Waals surface area (Å²) in [5.74, 6) is 0. The minimum atomic E-state index is 0.381. The number of rotatable bonds is 1. The molecule has 70 valence electrons. The summed E-state index contributed by atoms with van der Waals surface area (Å²) in [6, 6.07) is 0. The van der Waals surface area contributed by atoms with Crippen LogP contribution in [-0.2, 0) is 0 Å². The van der Waals surface area contributed by atoms with Crippen molar-refractivity contribution in [2.75, 3.05) is 22.9 Å². The van der Waals surface area contributed by atoms with E-state index < -0.39 is 0 Å². The molecule has 0 heterocycles. The first kappa shape index (κ1) is 9.90. The summed E-state index contributed by atoms with van der Waals surface area (Å²) >= 11 is 1.99. The molecule has 0 bridgehead atoms. The molecule has 0 aliphatic carbocycles. The van der Waals surface area contributed by atoms with Gasteiger partial charge in [-0.1, -0.05) is 0 Å². The van der Waals surface area contributed by atoms with E-state index in [0.29, 0.717) is 32.0 Å². The fraction of sp³-hybridized carbons (Fsp3) is 0. The lowest BCUT2D eigenvalue weighted by atomic mass is 10.2. The summed E-state index contributed by atoms with van der Waals surface area (Å²) in [6.45, 7) is 3.47. The van der Waals surface area contributed by atoms with Gasteiger partial charge < -0.3 is 22.9 Å². The van der Waals surface area contributed by atoms with Gasteiger partial charge >= 0.3 is 0 Å². The third kappa shape index (κ3) is 1.37. The highest BCUT2D eigenvalue weighted by Gasteiger charge is 2.18. The molecule has 0 aliphatic heterocycles. The lowest BCUT2D eigenvalue weighted by Crippen LogP contribution is -2.58. The van der Waals surface area contributed by atoms with Gasteiger partial charge in [0.15, 0.2) is 0 Å². The topological polar surface area (TPSA) is 118 Å². The van der Waals surface area contributed by atoms with Gasteiger partial charge in [-0.25, -0.2) is 4.99 Å². The number of hydrogen-bond acceptors (Lipinski definition) is 4. The molecular formula is C7H11IN5+. The van der Waals surface area contributed by atoms with Gasteiger partial charge in [0.25, 0.3) is 5.69 Å². The lowest BCUT2D eigenvalue weighted by Gasteiger charge is -2.09. The van der Waals surface area contributed by atoms with Crippen molar-refractivity contribution in [1.82, 2.24) is 0 Å². The van der Waals surface area contributed by atoms with E-state index in [2.05, 4.69) is 11.7 Å². The predicted molar refractivity (Wildman–Crippen MR) is 64.6 cm³/mol. The van der Waals surface area contributed by atoms with Gasteiger partial charge in [-0.15, -0.1) is 0 Å². The molecule has 1 rings (SSSR count). The number of benzene rings is 1. The number of hydrogen-bond donors (Lipinski definition) is 5. The Kier molecular flexibility index (Phi) is 2.50. The van der Waals surface area contributed by atoms with E-state index in [9.17, 15) is 0 Å². The van der Waals surface area contributed by atoms with Gasteiger partial charge in [0.05, 0.1) is 14.9 Å². The summed E-state index contributed by atoms with van der Waals surface area (Å²) in [5.41, 5.74) is 24.9. The molecule has 0 aliphatic rings.